The molecular weight excluding hydrogens is 358 g/mol. The van der Waals surface area contributed by atoms with Gasteiger partial charge in [-0.05, 0) is 42.7 Å². The van der Waals surface area contributed by atoms with Gasteiger partial charge in [0.05, 0.1) is 25.0 Å². The molecule has 0 aliphatic carbocycles. The number of carbonyl (C=O) groups excluding carboxylic acids is 2. The Morgan fingerprint density at radius 1 is 1.07 bits per heavy atom. The Hall–Kier alpha value is -3.02. The van der Waals surface area contributed by atoms with Crippen LogP contribution < -0.4 is 14.8 Å². The quantitative estimate of drug-likeness (QED) is 0.724. The maximum absolute atomic E-state index is 12.4. The van der Waals surface area contributed by atoms with Gasteiger partial charge in [-0.2, -0.15) is 0 Å². The van der Waals surface area contributed by atoms with E-state index in [4.69, 9.17) is 14.2 Å². The molecule has 0 saturated heterocycles. The number of benzene rings is 2. The van der Waals surface area contributed by atoms with Crippen molar-refractivity contribution >= 4 is 17.6 Å². The second-order valence-electron chi connectivity index (χ2n) is 7.21. The lowest BCUT2D eigenvalue weighted by Crippen LogP contribution is -2.23. The van der Waals surface area contributed by atoms with Gasteiger partial charge < -0.3 is 19.5 Å². The molecule has 2 aromatic rings. The van der Waals surface area contributed by atoms with Crippen LogP contribution in [0.5, 0.6) is 11.5 Å². The zero-order chi connectivity index (χ0) is 20.7. The lowest BCUT2D eigenvalue weighted by atomic mass is 9.86. The summed E-state index contributed by atoms with van der Waals surface area (Å²) in [6.07, 6.45) is 0. The van der Waals surface area contributed by atoms with Crippen LogP contribution in [0.3, 0.4) is 0 Å². The number of rotatable bonds is 7. The second-order valence-corrected chi connectivity index (χ2v) is 7.21. The minimum atomic E-state index is -0.482. The van der Waals surface area contributed by atoms with E-state index >= 15 is 0 Å². The molecular formula is C22H27NO5. The Bertz CT molecular complexity index is 839. The molecule has 0 aromatic heterocycles. The predicted molar refractivity (Wildman–Crippen MR) is 108 cm³/mol. The van der Waals surface area contributed by atoms with Gasteiger partial charge in [0.1, 0.15) is 11.5 Å². The number of anilines is 1. The van der Waals surface area contributed by atoms with E-state index < -0.39 is 5.97 Å². The molecule has 2 aromatic carbocycles. The first-order valence-corrected chi connectivity index (χ1v) is 9.13. The monoisotopic (exact) mass is 385 g/mol. The first kappa shape index (κ1) is 21.3. The lowest BCUT2D eigenvalue weighted by Gasteiger charge is -2.23. The third-order valence-corrected chi connectivity index (χ3v) is 4.05. The van der Waals surface area contributed by atoms with E-state index in [0.717, 1.165) is 11.3 Å². The Kier molecular flexibility index (Phi) is 7.04. The summed E-state index contributed by atoms with van der Waals surface area (Å²) in [7, 11) is 1.61. The summed E-state index contributed by atoms with van der Waals surface area (Å²) in [6.45, 7) is 7.98. The molecule has 2 rings (SSSR count). The highest BCUT2D eigenvalue weighted by atomic mass is 16.5. The number of amides is 1. The standard InChI is InChI=1S/C22H27NO5/c1-6-27-21(25)16-9-7-8-10-18(16)23-20(24)14-28-19-12-11-15(26-5)13-17(19)22(2,3)4/h7-13H,6,14H2,1-5H3,(H,23,24). The van der Waals surface area contributed by atoms with Crippen molar-refractivity contribution in [3.8, 4) is 11.5 Å². The number of nitrogens with one attached hydrogen (secondary N) is 1. The molecule has 0 aliphatic rings. The van der Waals surface area contributed by atoms with Crippen LogP contribution in [0.25, 0.3) is 0 Å². The molecule has 6 nitrogen and oxygen atoms in total. The molecule has 6 heteroatoms. The van der Waals surface area contributed by atoms with Gasteiger partial charge in [-0.15, -0.1) is 0 Å². The lowest BCUT2D eigenvalue weighted by molar-refractivity contribution is -0.118. The van der Waals surface area contributed by atoms with Crippen LogP contribution in [0.1, 0.15) is 43.6 Å². The Morgan fingerprint density at radius 2 is 1.79 bits per heavy atom. The number of ether oxygens (including phenoxy) is 3. The summed E-state index contributed by atoms with van der Waals surface area (Å²) >= 11 is 0. The number of esters is 1. The average molecular weight is 385 g/mol. The molecule has 0 radical (unpaired) electrons. The van der Waals surface area contributed by atoms with Gasteiger partial charge in [0, 0.05) is 5.56 Å². The van der Waals surface area contributed by atoms with Crippen LogP contribution in [0.15, 0.2) is 42.5 Å². The van der Waals surface area contributed by atoms with Crippen LogP contribution in [-0.4, -0.2) is 32.2 Å². The van der Waals surface area contributed by atoms with Crippen LogP contribution in [-0.2, 0) is 14.9 Å². The topological polar surface area (TPSA) is 73.9 Å². The maximum Gasteiger partial charge on any atom is 0.340 e. The normalized spacial score (nSPS) is 10.9. The smallest absolute Gasteiger partial charge is 0.340 e. The van der Waals surface area contributed by atoms with E-state index in [9.17, 15) is 9.59 Å². The van der Waals surface area contributed by atoms with Gasteiger partial charge in [-0.3, -0.25) is 4.79 Å². The summed E-state index contributed by atoms with van der Waals surface area (Å²) in [5, 5.41) is 2.71. The van der Waals surface area contributed by atoms with Gasteiger partial charge in [0.2, 0.25) is 0 Å². The Labute approximate surface area is 165 Å². The SMILES string of the molecule is CCOC(=O)c1ccccc1NC(=O)COc1ccc(OC)cc1C(C)(C)C. The minimum absolute atomic E-state index is 0.184. The van der Waals surface area contributed by atoms with E-state index in [-0.39, 0.29) is 24.5 Å². The van der Waals surface area contributed by atoms with E-state index in [1.807, 2.05) is 6.07 Å². The van der Waals surface area contributed by atoms with Crippen LogP contribution >= 0.6 is 0 Å². The van der Waals surface area contributed by atoms with Crippen molar-refractivity contribution in [2.75, 3.05) is 25.6 Å². The number of methoxy groups -OCH3 is 1. The minimum Gasteiger partial charge on any atom is -0.497 e. The van der Waals surface area contributed by atoms with Gasteiger partial charge in [0.25, 0.3) is 5.91 Å². The van der Waals surface area contributed by atoms with Gasteiger partial charge >= 0.3 is 5.97 Å². The van der Waals surface area contributed by atoms with Crippen molar-refractivity contribution in [1.82, 2.24) is 0 Å². The third kappa shape index (κ3) is 5.49. The fourth-order valence-electron chi connectivity index (χ4n) is 2.66. The summed E-state index contributed by atoms with van der Waals surface area (Å²) in [6, 6.07) is 12.2. The summed E-state index contributed by atoms with van der Waals surface area (Å²) < 4.78 is 16.1. The number of para-hydroxylation sites is 1. The number of hydrogen-bond donors (Lipinski definition) is 1. The van der Waals surface area contributed by atoms with Crippen molar-refractivity contribution in [3.63, 3.8) is 0 Å². The zero-order valence-electron chi connectivity index (χ0n) is 17.0. The maximum atomic E-state index is 12.4. The molecule has 1 N–H and O–H groups in total. The summed E-state index contributed by atoms with van der Waals surface area (Å²) in [5.41, 5.74) is 1.45. The van der Waals surface area contributed by atoms with Gasteiger partial charge in [-0.25, -0.2) is 4.79 Å². The number of carbonyl (C=O) groups is 2. The van der Waals surface area contributed by atoms with Gasteiger partial charge in [0.15, 0.2) is 6.61 Å². The highest BCUT2D eigenvalue weighted by Gasteiger charge is 2.21. The molecule has 0 fully saturated rings. The third-order valence-electron chi connectivity index (χ3n) is 4.05. The van der Waals surface area contributed by atoms with Crippen LogP contribution in [0.4, 0.5) is 5.69 Å². The average Bonchev–Trinajstić information content (AvgIpc) is 2.66. The molecule has 0 aliphatic heterocycles. The largest absolute Gasteiger partial charge is 0.497 e. The van der Waals surface area contributed by atoms with E-state index in [1.54, 1.807) is 50.4 Å². The van der Waals surface area contributed by atoms with Crippen molar-refractivity contribution in [2.45, 2.75) is 33.1 Å². The predicted octanol–water partition coefficient (Wildman–Crippen LogP) is 4.19. The van der Waals surface area contributed by atoms with E-state index in [2.05, 4.69) is 26.1 Å². The van der Waals surface area contributed by atoms with Crippen molar-refractivity contribution in [3.05, 3.63) is 53.6 Å². The fourth-order valence-corrected chi connectivity index (χ4v) is 2.66. The van der Waals surface area contributed by atoms with Gasteiger partial charge in [-0.1, -0.05) is 32.9 Å². The number of hydrogen-bond acceptors (Lipinski definition) is 5. The molecule has 0 spiro atoms. The second kappa shape index (κ2) is 9.26. The van der Waals surface area contributed by atoms with Crippen LogP contribution in [0, 0.1) is 0 Å². The Morgan fingerprint density at radius 3 is 2.43 bits per heavy atom. The first-order chi connectivity index (χ1) is 13.3. The fraction of sp³-hybridized carbons (Fsp3) is 0.364. The summed E-state index contributed by atoms with van der Waals surface area (Å²) in [4.78, 5) is 24.4. The Balaban J connectivity index is 2.11. The molecule has 0 heterocycles. The molecule has 0 bridgehead atoms. The molecule has 1 amide bonds. The molecule has 0 atom stereocenters. The van der Waals surface area contributed by atoms with Crippen molar-refractivity contribution in [2.24, 2.45) is 0 Å². The zero-order valence-corrected chi connectivity index (χ0v) is 17.0. The van der Waals surface area contributed by atoms with Crippen molar-refractivity contribution < 1.29 is 23.8 Å². The molecule has 0 unspecified atom stereocenters. The molecule has 0 saturated carbocycles. The van der Waals surface area contributed by atoms with E-state index in [1.165, 1.54) is 0 Å². The molecule has 28 heavy (non-hydrogen) atoms. The first-order valence-electron chi connectivity index (χ1n) is 9.13. The molecule has 150 valence electrons. The highest BCUT2D eigenvalue weighted by Crippen LogP contribution is 2.34. The van der Waals surface area contributed by atoms with Crippen LogP contribution in [0.2, 0.25) is 0 Å². The summed E-state index contributed by atoms with van der Waals surface area (Å²) in [5.74, 6) is 0.490. The highest BCUT2D eigenvalue weighted by molar-refractivity contribution is 6.01. The van der Waals surface area contributed by atoms with E-state index in [0.29, 0.717) is 17.0 Å². The van der Waals surface area contributed by atoms with Crippen molar-refractivity contribution in [1.29, 1.82) is 0 Å².